The summed E-state index contributed by atoms with van der Waals surface area (Å²) in [4.78, 5) is 14.9. The fourth-order valence-corrected chi connectivity index (χ4v) is 8.70. The standard InChI is InChI=1S/C51H31N5O/c1-4-16-32(17-5-1)49-52-50(33-18-6-2-7-19-33)54-51(53-49)34-28-30-36(31-29-34)55-40-25-13-10-22-37(40)43-44-39-24-12-15-27-42(39)57-48(44)47-45(46(43)55)38-23-11-14-26-41(38)56(47)35-20-8-3-9-21-35/h1-31H. The zero-order valence-corrected chi connectivity index (χ0v) is 30.5. The fourth-order valence-electron chi connectivity index (χ4n) is 8.70. The van der Waals surface area contributed by atoms with Crippen LogP contribution < -0.4 is 0 Å². The topological polar surface area (TPSA) is 61.7 Å². The fraction of sp³-hybridized carbons (Fsp3) is 0. The molecule has 0 aliphatic rings. The molecule has 266 valence electrons. The molecule has 0 aliphatic carbocycles. The molecule has 4 aromatic heterocycles. The molecule has 0 unspecified atom stereocenters. The number of fused-ring (bicyclic) bond motifs is 12. The lowest BCUT2D eigenvalue weighted by Crippen LogP contribution is -2.00. The summed E-state index contributed by atoms with van der Waals surface area (Å²) in [6.45, 7) is 0. The molecule has 12 rings (SSSR count). The number of furan rings is 1. The van der Waals surface area contributed by atoms with Gasteiger partial charge in [0.15, 0.2) is 23.1 Å². The number of hydrogen-bond donors (Lipinski definition) is 0. The maximum absolute atomic E-state index is 6.93. The highest BCUT2D eigenvalue weighted by Gasteiger charge is 2.27. The van der Waals surface area contributed by atoms with Gasteiger partial charge in [-0.2, -0.15) is 0 Å². The van der Waals surface area contributed by atoms with E-state index in [2.05, 4.69) is 137 Å². The summed E-state index contributed by atoms with van der Waals surface area (Å²) in [6.07, 6.45) is 0. The van der Waals surface area contributed by atoms with Gasteiger partial charge in [0.25, 0.3) is 0 Å². The number of benzene rings is 8. The van der Waals surface area contributed by atoms with Crippen LogP contribution in [0.15, 0.2) is 192 Å². The first-order chi connectivity index (χ1) is 28.3. The molecular formula is C51H31N5O. The number of para-hydroxylation sites is 4. The first-order valence-corrected chi connectivity index (χ1v) is 19.1. The highest BCUT2D eigenvalue weighted by atomic mass is 16.3. The summed E-state index contributed by atoms with van der Waals surface area (Å²) in [7, 11) is 0. The smallest absolute Gasteiger partial charge is 0.164 e. The molecule has 12 aromatic rings. The van der Waals surface area contributed by atoms with Gasteiger partial charge in [-0.25, -0.2) is 15.0 Å². The first kappa shape index (κ1) is 31.5. The van der Waals surface area contributed by atoms with Crippen molar-refractivity contribution in [3.63, 3.8) is 0 Å². The van der Waals surface area contributed by atoms with Crippen molar-refractivity contribution in [3.8, 4) is 45.5 Å². The van der Waals surface area contributed by atoms with Gasteiger partial charge in [0.05, 0.1) is 22.1 Å². The first-order valence-electron chi connectivity index (χ1n) is 19.1. The van der Waals surface area contributed by atoms with E-state index in [9.17, 15) is 0 Å². The van der Waals surface area contributed by atoms with Gasteiger partial charge in [-0.15, -0.1) is 0 Å². The summed E-state index contributed by atoms with van der Waals surface area (Å²) in [6, 6.07) is 65.3. The highest BCUT2D eigenvalue weighted by Crippen LogP contribution is 2.49. The van der Waals surface area contributed by atoms with Gasteiger partial charge in [0, 0.05) is 60.4 Å². The van der Waals surface area contributed by atoms with Crippen molar-refractivity contribution in [2.75, 3.05) is 0 Å². The van der Waals surface area contributed by atoms with E-state index in [1.807, 2.05) is 60.7 Å². The molecule has 57 heavy (non-hydrogen) atoms. The van der Waals surface area contributed by atoms with Crippen molar-refractivity contribution < 1.29 is 4.42 Å². The number of hydrogen-bond acceptors (Lipinski definition) is 4. The lowest BCUT2D eigenvalue weighted by Gasteiger charge is -2.12. The van der Waals surface area contributed by atoms with E-state index in [0.717, 1.165) is 82.8 Å². The highest BCUT2D eigenvalue weighted by molar-refractivity contribution is 6.39. The second kappa shape index (κ2) is 12.3. The lowest BCUT2D eigenvalue weighted by atomic mass is 10.0. The van der Waals surface area contributed by atoms with Gasteiger partial charge in [0.1, 0.15) is 5.58 Å². The number of aromatic nitrogens is 5. The molecule has 6 heteroatoms. The summed E-state index contributed by atoms with van der Waals surface area (Å²) < 4.78 is 11.7. The van der Waals surface area contributed by atoms with Crippen molar-refractivity contribution in [2.24, 2.45) is 0 Å². The molecule has 0 fully saturated rings. The molecule has 0 radical (unpaired) electrons. The molecule has 0 spiro atoms. The average molecular weight is 730 g/mol. The Morgan fingerprint density at radius 2 is 0.772 bits per heavy atom. The average Bonchev–Trinajstić information content (AvgIpc) is 3.95. The maximum atomic E-state index is 6.93. The Bertz CT molecular complexity index is 3430. The molecule has 6 nitrogen and oxygen atoms in total. The third kappa shape index (κ3) is 4.74. The van der Waals surface area contributed by atoms with E-state index in [1.165, 1.54) is 10.8 Å². The van der Waals surface area contributed by atoms with Crippen LogP contribution in [-0.4, -0.2) is 24.1 Å². The summed E-state index contributed by atoms with van der Waals surface area (Å²) >= 11 is 0. The molecule has 8 aromatic carbocycles. The Hall–Kier alpha value is -7.83. The molecule has 0 saturated heterocycles. The molecule has 0 atom stereocenters. The Morgan fingerprint density at radius 1 is 0.333 bits per heavy atom. The van der Waals surface area contributed by atoms with Crippen molar-refractivity contribution in [2.45, 2.75) is 0 Å². The van der Waals surface area contributed by atoms with E-state index in [-0.39, 0.29) is 0 Å². The quantitative estimate of drug-likeness (QED) is 0.177. The molecular weight excluding hydrogens is 699 g/mol. The Kier molecular flexibility index (Phi) is 6.83. The zero-order valence-electron chi connectivity index (χ0n) is 30.5. The molecule has 0 amide bonds. The minimum absolute atomic E-state index is 0.622. The third-order valence-corrected chi connectivity index (χ3v) is 11.1. The number of rotatable bonds is 5. The van der Waals surface area contributed by atoms with Gasteiger partial charge < -0.3 is 13.6 Å². The van der Waals surface area contributed by atoms with E-state index in [4.69, 9.17) is 19.4 Å². The Balaban J connectivity index is 1.17. The van der Waals surface area contributed by atoms with Crippen LogP contribution in [0.3, 0.4) is 0 Å². The molecule has 0 aliphatic heterocycles. The Labute approximate surface area is 326 Å². The normalized spacial score (nSPS) is 11.9. The van der Waals surface area contributed by atoms with E-state index >= 15 is 0 Å². The van der Waals surface area contributed by atoms with Gasteiger partial charge >= 0.3 is 0 Å². The minimum Gasteiger partial charge on any atom is -0.454 e. The van der Waals surface area contributed by atoms with Crippen molar-refractivity contribution in [3.05, 3.63) is 188 Å². The Morgan fingerprint density at radius 3 is 1.37 bits per heavy atom. The zero-order chi connectivity index (χ0) is 37.5. The van der Waals surface area contributed by atoms with Gasteiger partial charge in [-0.1, -0.05) is 133 Å². The largest absolute Gasteiger partial charge is 0.454 e. The van der Waals surface area contributed by atoms with Crippen molar-refractivity contribution in [1.29, 1.82) is 0 Å². The van der Waals surface area contributed by atoms with Crippen molar-refractivity contribution in [1.82, 2.24) is 24.1 Å². The van der Waals surface area contributed by atoms with Gasteiger partial charge in [-0.3, -0.25) is 0 Å². The molecule has 0 bridgehead atoms. The van der Waals surface area contributed by atoms with E-state index < -0.39 is 0 Å². The molecule has 4 heterocycles. The molecule has 0 N–H and O–H groups in total. The lowest BCUT2D eigenvalue weighted by molar-refractivity contribution is 0.671. The number of nitrogens with zero attached hydrogens (tertiary/aromatic N) is 5. The van der Waals surface area contributed by atoms with Crippen LogP contribution in [-0.2, 0) is 0 Å². The maximum Gasteiger partial charge on any atom is 0.164 e. The summed E-state index contributed by atoms with van der Waals surface area (Å²) in [5.74, 6) is 1.90. The summed E-state index contributed by atoms with van der Waals surface area (Å²) in [5.41, 5.74) is 11.1. The van der Waals surface area contributed by atoms with Crippen LogP contribution in [0.1, 0.15) is 0 Å². The van der Waals surface area contributed by atoms with E-state index in [1.54, 1.807) is 0 Å². The van der Waals surface area contributed by atoms with Crippen LogP contribution >= 0.6 is 0 Å². The minimum atomic E-state index is 0.622. The van der Waals surface area contributed by atoms with Gasteiger partial charge in [-0.05, 0) is 54.6 Å². The SMILES string of the molecule is c1ccc(-c2nc(-c3ccccc3)nc(-c3ccc(-n4c5ccccc5c5c6c7ccccc7oc6c6c(c7ccccc7n6-c6ccccc6)c54)cc3)n2)cc1. The van der Waals surface area contributed by atoms with Crippen molar-refractivity contribution >= 4 is 65.6 Å². The second-order valence-electron chi connectivity index (χ2n) is 14.4. The predicted octanol–water partition coefficient (Wildman–Crippen LogP) is 13.0. The predicted molar refractivity (Wildman–Crippen MR) is 232 cm³/mol. The van der Waals surface area contributed by atoms with Crippen LogP contribution in [0, 0.1) is 0 Å². The summed E-state index contributed by atoms with van der Waals surface area (Å²) in [5, 5.41) is 6.87. The monoisotopic (exact) mass is 729 g/mol. The van der Waals surface area contributed by atoms with Crippen LogP contribution in [0.5, 0.6) is 0 Å². The van der Waals surface area contributed by atoms with E-state index in [0.29, 0.717) is 17.5 Å². The van der Waals surface area contributed by atoms with Crippen LogP contribution in [0.25, 0.3) is 111 Å². The van der Waals surface area contributed by atoms with Crippen LogP contribution in [0.4, 0.5) is 0 Å². The third-order valence-electron chi connectivity index (χ3n) is 11.1. The van der Waals surface area contributed by atoms with Gasteiger partial charge in [0.2, 0.25) is 0 Å². The second-order valence-corrected chi connectivity index (χ2v) is 14.4. The molecule has 0 saturated carbocycles. The van der Waals surface area contributed by atoms with Crippen LogP contribution in [0.2, 0.25) is 0 Å².